The zero-order valence-electron chi connectivity index (χ0n) is 10.0. The van der Waals surface area contributed by atoms with Crippen LogP contribution in [0.5, 0.6) is 0 Å². The van der Waals surface area contributed by atoms with E-state index in [1.165, 1.54) is 24.8 Å². The summed E-state index contributed by atoms with van der Waals surface area (Å²) in [5.41, 5.74) is 3.23. The van der Waals surface area contributed by atoms with E-state index in [4.69, 9.17) is 0 Å². The van der Waals surface area contributed by atoms with Gasteiger partial charge in [0.25, 0.3) is 0 Å². The number of aldehydes is 1. The molecule has 2 aromatic rings. The van der Waals surface area contributed by atoms with Crippen molar-refractivity contribution in [1.29, 1.82) is 0 Å². The molecule has 3 nitrogen and oxygen atoms in total. The Labute approximate surface area is 100 Å². The first-order valence-electron chi connectivity index (χ1n) is 6.20. The fourth-order valence-corrected chi connectivity index (χ4v) is 2.46. The number of fused-ring (bicyclic) bond motifs is 1. The molecule has 0 spiro atoms. The minimum Gasteiger partial charge on any atom is -0.303 e. The summed E-state index contributed by atoms with van der Waals surface area (Å²) in [7, 11) is 0. The maximum absolute atomic E-state index is 10.7. The minimum absolute atomic E-state index is 0.416. The molecule has 0 saturated heterocycles. The molecule has 0 atom stereocenters. The van der Waals surface area contributed by atoms with Crippen molar-refractivity contribution in [2.75, 3.05) is 0 Å². The van der Waals surface area contributed by atoms with E-state index in [9.17, 15) is 4.79 Å². The molecule has 0 bridgehead atoms. The number of nitrogens with zero attached hydrogens (tertiary/aromatic N) is 2. The van der Waals surface area contributed by atoms with Crippen LogP contribution in [-0.2, 0) is 11.2 Å². The molecule has 1 saturated carbocycles. The van der Waals surface area contributed by atoms with E-state index < -0.39 is 0 Å². The highest BCUT2D eigenvalue weighted by molar-refractivity contribution is 5.64. The van der Waals surface area contributed by atoms with Gasteiger partial charge < -0.3 is 9.20 Å². The summed E-state index contributed by atoms with van der Waals surface area (Å²) in [5, 5.41) is 0. The van der Waals surface area contributed by atoms with E-state index in [1.54, 1.807) is 0 Å². The number of carbonyl (C=O) groups is 1. The van der Waals surface area contributed by atoms with Crippen LogP contribution in [0.15, 0.2) is 18.3 Å². The number of aromatic nitrogens is 2. The quantitative estimate of drug-likeness (QED) is 0.757. The van der Waals surface area contributed by atoms with Crippen molar-refractivity contribution < 1.29 is 4.79 Å². The van der Waals surface area contributed by atoms with E-state index >= 15 is 0 Å². The second-order valence-corrected chi connectivity index (χ2v) is 4.87. The molecule has 0 amide bonds. The molecule has 3 rings (SSSR count). The summed E-state index contributed by atoms with van der Waals surface area (Å²) >= 11 is 0. The predicted octanol–water partition coefficient (Wildman–Crippen LogP) is 2.65. The first-order chi connectivity index (χ1) is 8.29. The lowest BCUT2D eigenvalue weighted by Gasteiger charge is -2.23. The first kappa shape index (κ1) is 10.5. The zero-order valence-corrected chi connectivity index (χ0v) is 10.0. The Bertz CT molecular complexity index is 567. The monoisotopic (exact) mass is 228 g/mol. The van der Waals surface area contributed by atoms with Gasteiger partial charge in [-0.05, 0) is 37.5 Å². The molecule has 0 aromatic carbocycles. The molecule has 88 valence electrons. The molecule has 0 aliphatic heterocycles. The molecule has 1 fully saturated rings. The van der Waals surface area contributed by atoms with Gasteiger partial charge in [0, 0.05) is 18.5 Å². The van der Waals surface area contributed by atoms with Gasteiger partial charge in [0.2, 0.25) is 0 Å². The highest BCUT2D eigenvalue weighted by atomic mass is 16.1. The fourth-order valence-electron chi connectivity index (χ4n) is 2.46. The van der Waals surface area contributed by atoms with E-state index in [-0.39, 0.29) is 0 Å². The van der Waals surface area contributed by atoms with Gasteiger partial charge in [-0.2, -0.15) is 0 Å². The highest BCUT2D eigenvalue weighted by Gasteiger charge is 2.25. The third kappa shape index (κ3) is 1.66. The van der Waals surface area contributed by atoms with Gasteiger partial charge in [0.15, 0.2) is 0 Å². The molecule has 0 radical (unpaired) electrons. The average molecular weight is 228 g/mol. The third-order valence-corrected chi connectivity index (χ3v) is 3.65. The van der Waals surface area contributed by atoms with Crippen LogP contribution in [0.3, 0.4) is 0 Å². The van der Waals surface area contributed by atoms with Gasteiger partial charge in [-0.1, -0.05) is 6.42 Å². The van der Waals surface area contributed by atoms with E-state index in [0.29, 0.717) is 12.3 Å². The van der Waals surface area contributed by atoms with Crippen LogP contribution in [-0.4, -0.2) is 15.7 Å². The lowest BCUT2D eigenvalue weighted by atomic mass is 9.85. The molecule has 2 heterocycles. The van der Waals surface area contributed by atoms with E-state index in [0.717, 1.165) is 23.3 Å². The Morgan fingerprint density at radius 3 is 3.00 bits per heavy atom. The SMILES string of the molecule is Cc1ccn2c(C3CCC3)nc(CC=O)c2c1. The largest absolute Gasteiger partial charge is 0.303 e. The van der Waals surface area contributed by atoms with Crippen LogP contribution in [0.2, 0.25) is 0 Å². The topological polar surface area (TPSA) is 34.4 Å². The van der Waals surface area contributed by atoms with Gasteiger partial charge >= 0.3 is 0 Å². The predicted molar refractivity (Wildman–Crippen MR) is 66.3 cm³/mol. The zero-order chi connectivity index (χ0) is 11.8. The van der Waals surface area contributed by atoms with Crippen molar-refractivity contribution in [3.63, 3.8) is 0 Å². The number of aryl methyl sites for hydroxylation is 1. The van der Waals surface area contributed by atoms with Gasteiger partial charge in [-0.3, -0.25) is 0 Å². The van der Waals surface area contributed by atoms with Crippen LogP contribution < -0.4 is 0 Å². The molecule has 17 heavy (non-hydrogen) atoms. The number of pyridine rings is 1. The van der Waals surface area contributed by atoms with Crippen molar-refractivity contribution in [2.45, 2.75) is 38.5 Å². The summed E-state index contributed by atoms with van der Waals surface area (Å²) in [6.45, 7) is 2.07. The Morgan fingerprint density at radius 2 is 2.35 bits per heavy atom. The standard InChI is InChI=1S/C14H16N2O/c1-10-5-7-16-13(9-10)12(6-8-17)15-14(16)11-3-2-4-11/h5,7-9,11H,2-4,6H2,1H3. The van der Waals surface area contributed by atoms with Crippen LogP contribution in [0.25, 0.3) is 5.52 Å². The second kappa shape index (κ2) is 3.99. The number of carbonyl (C=O) groups excluding carboxylic acids is 1. The molecular formula is C14H16N2O. The lowest BCUT2D eigenvalue weighted by Crippen LogP contribution is -2.12. The summed E-state index contributed by atoms with van der Waals surface area (Å²) in [6, 6.07) is 4.22. The summed E-state index contributed by atoms with van der Waals surface area (Å²) in [4.78, 5) is 15.4. The minimum atomic E-state index is 0.416. The summed E-state index contributed by atoms with van der Waals surface area (Å²) in [6.07, 6.45) is 7.20. The molecule has 0 unspecified atom stereocenters. The summed E-state index contributed by atoms with van der Waals surface area (Å²) < 4.78 is 2.16. The van der Waals surface area contributed by atoms with Crippen LogP contribution >= 0.6 is 0 Å². The molecule has 3 heteroatoms. The summed E-state index contributed by atoms with van der Waals surface area (Å²) in [5.74, 6) is 1.73. The second-order valence-electron chi connectivity index (χ2n) is 4.87. The normalized spacial score (nSPS) is 16.1. The van der Waals surface area contributed by atoms with Crippen molar-refractivity contribution >= 4 is 11.8 Å². The average Bonchev–Trinajstić information content (AvgIpc) is 2.55. The van der Waals surface area contributed by atoms with E-state index in [2.05, 4.69) is 34.6 Å². The highest BCUT2D eigenvalue weighted by Crippen LogP contribution is 2.36. The third-order valence-electron chi connectivity index (χ3n) is 3.65. The number of imidazole rings is 1. The number of hydrogen-bond donors (Lipinski definition) is 0. The Hall–Kier alpha value is -1.64. The number of rotatable bonds is 3. The van der Waals surface area contributed by atoms with Crippen LogP contribution in [0, 0.1) is 6.92 Å². The van der Waals surface area contributed by atoms with Crippen molar-refractivity contribution in [3.05, 3.63) is 35.4 Å². The Morgan fingerprint density at radius 1 is 1.53 bits per heavy atom. The van der Waals surface area contributed by atoms with Crippen LogP contribution in [0.4, 0.5) is 0 Å². The van der Waals surface area contributed by atoms with Crippen molar-refractivity contribution in [3.8, 4) is 0 Å². The molecule has 1 aliphatic carbocycles. The lowest BCUT2D eigenvalue weighted by molar-refractivity contribution is -0.107. The molecule has 0 N–H and O–H groups in total. The smallest absolute Gasteiger partial charge is 0.126 e. The Balaban J connectivity index is 2.18. The number of hydrogen-bond acceptors (Lipinski definition) is 2. The van der Waals surface area contributed by atoms with Crippen molar-refractivity contribution in [1.82, 2.24) is 9.38 Å². The van der Waals surface area contributed by atoms with Gasteiger partial charge in [-0.15, -0.1) is 0 Å². The van der Waals surface area contributed by atoms with Crippen LogP contribution in [0.1, 0.15) is 42.3 Å². The van der Waals surface area contributed by atoms with Crippen molar-refractivity contribution in [2.24, 2.45) is 0 Å². The maximum Gasteiger partial charge on any atom is 0.126 e. The fraction of sp³-hybridized carbons (Fsp3) is 0.429. The van der Waals surface area contributed by atoms with Gasteiger partial charge in [-0.25, -0.2) is 4.98 Å². The van der Waals surface area contributed by atoms with Gasteiger partial charge in [0.1, 0.15) is 12.1 Å². The molecule has 1 aliphatic rings. The molecule has 2 aromatic heterocycles. The van der Waals surface area contributed by atoms with E-state index in [1.807, 2.05) is 0 Å². The molecular weight excluding hydrogens is 212 g/mol. The Kier molecular flexibility index (Phi) is 2.46. The maximum atomic E-state index is 10.7. The first-order valence-corrected chi connectivity index (χ1v) is 6.20. The van der Waals surface area contributed by atoms with Gasteiger partial charge in [0.05, 0.1) is 11.2 Å².